The van der Waals surface area contributed by atoms with Crippen LogP contribution in [0.25, 0.3) is 6.08 Å². The molecule has 2 aliphatic rings. The molecule has 2 saturated heterocycles. The number of nitrogens with zero attached hydrogens (tertiary/aromatic N) is 2. The number of benzene rings is 3. The van der Waals surface area contributed by atoms with Crippen LogP contribution in [-0.4, -0.2) is 205 Å². The predicted octanol–water partition coefficient (Wildman–Crippen LogP) is -4.19. The third-order valence-electron chi connectivity index (χ3n) is 16.6. The molecule has 42 nitrogen and oxygen atoms in total. The topological polar surface area (TPSA) is 668 Å². The van der Waals surface area contributed by atoms with E-state index >= 15 is 0 Å². The van der Waals surface area contributed by atoms with Crippen molar-refractivity contribution in [1.29, 1.82) is 10.8 Å². The minimum absolute atomic E-state index is 0.000396. The first-order valence-corrected chi connectivity index (χ1v) is 37.4. The summed E-state index contributed by atoms with van der Waals surface area (Å²) in [4.78, 5) is 208. The van der Waals surface area contributed by atoms with Crippen LogP contribution >= 0.6 is 0 Å². The van der Waals surface area contributed by atoms with Gasteiger partial charge < -0.3 is 107 Å². The van der Waals surface area contributed by atoms with Crippen molar-refractivity contribution in [3.63, 3.8) is 0 Å². The lowest BCUT2D eigenvalue weighted by molar-refractivity contribution is -0.141. The summed E-state index contributed by atoms with van der Waals surface area (Å²) in [5.74, 6) is -16.8. The largest absolute Gasteiger partial charge is 0.481 e. The normalized spacial score (nSPS) is 18.7. The Labute approximate surface area is 663 Å². The molecular weight excluding hydrogens is 1540 g/mol. The van der Waals surface area contributed by atoms with Gasteiger partial charge in [0.05, 0.1) is 49.6 Å². The number of unbranched alkanes of at least 4 members (excludes halogenated alkanes) is 2. The fourth-order valence-corrected chi connectivity index (χ4v) is 11.5. The van der Waals surface area contributed by atoms with Crippen molar-refractivity contribution in [3.8, 4) is 0 Å². The molecule has 13 amide bonds. The van der Waals surface area contributed by atoms with Crippen molar-refractivity contribution in [2.24, 2.45) is 16.6 Å². The van der Waals surface area contributed by atoms with Crippen LogP contribution in [0.2, 0.25) is 0 Å². The fraction of sp³-hybridized carbons (Fsp3) is 0.329. The van der Waals surface area contributed by atoms with Crippen LogP contribution < -0.4 is 96.6 Å². The van der Waals surface area contributed by atoms with E-state index in [2.05, 4.69) is 95.3 Å². The molecule has 5 atom stereocenters. The maximum absolute atomic E-state index is 14.4. The van der Waals surface area contributed by atoms with Gasteiger partial charge in [-0.3, -0.25) is 87.5 Å². The number of carbonyl (C=O) groups excluding carboxylic acids is 13. The first-order valence-electron chi connectivity index (χ1n) is 36.0. The quantitative estimate of drug-likeness (QED) is 0.00537. The van der Waals surface area contributed by atoms with Gasteiger partial charge in [-0.15, -0.1) is 0 Å². The van der Waals surface area contributed by atoms with E-state index in [9.17, 15) is 95.1 Å². The molecule has 6 rings (SSSR count). The zero-order chi connectivity index (χ0) is 84.7. The minimum Gasteiger partial charge on any atom is -0.481 e. The van der Waals surface area contributed by atoms with Gasteiger partial charge >= 0.3 is 11.9 Å². The van der Waals surface area contributed by atoms with E-state index in [1.54, 1.807) is 48.5 Å². The zero-order valence-electron chi connectivity index (χ0n) is 62.3. The smallest absolute Gasteiger partial charge is 0.330 e. The number of carbonyl (C=O) groups is 15. The number of nitrogens with one attached hydrogen (secondary N) is 18. The summed E-state index contributed by atoms with van der Waals surface area (Å²) >= 11 is 0. The standard InChI is InChI=1S/C73H90N22O20S/c74-72(75)80-31-13-22-47-66(107)90-49(68(109)92-52(33-42-15-3-1-4-16-42)70(111)94-54(35-60(99)100)64(105)83-40-58(97)87-47)20-9-11-29-78-57(96)28-27-51(89-62(103)45-25-26-46(82-37-45)39-86-85-38-44-19-7-8-24-56(44)116(113,114)115)63(104)79-30-12-10-21-50-69(110)93-53(34-43-17-5-2-6-18-43)71(112)95-55(36-61(101)102)65(106)84-41-59(98)88-48(67(108)91-50)23-14-32-81-73(76)77/h1-8,15-19,21-22,24-26,34,36-38,48-49,51-52,54,86H,9-14,20,23,27-33,35,39-41H2,(H,78,96)(H,79,104)(H,83,105)(H,84,106)(H,87,97)(H,88,98)(H,89,103)(H,90,107)(H,91,108)(H,92,109)(H,93,110)(H,94,111)(H,95,112)(H,99,100)(H,101,102)(H4,74,75,80)(H4,76,77,81)(H,113,114,115)/b47-22-,50-21+,53-34+,55-36-,85-38?/t48-,49+,51?,52+,54+/m0/s1. The molecule has 3 heterocycles. The second-order valence-corrected chi connectivity index (χ2v) is 27.0. The number of guanidine groups is 2. The number of hydrogen-bond donors (Lipinski definition) is 23. The van der Waals surface area contributed by atoms with Crippen molar-refractivity contribution < 1.29 is 95.1 Å². The maximum atomic E-state index is 14.4. The average molecular weight is 1630 g/mol. The Balaban J connectivity index is 1.22. The van der Waals surface area contributed by atoms with Crippen LogP contribution in [0, 0.1) is 10.8 Å². The summed E-state index contributed by atoms with van der Waals surface area (Å²) in [7, 11) is -4.58. The zero-order valence-corrected chi connectivity index (χ0v) is 63.1. The number of carboxylic acid groups (broad SMARTS) is 2. The van der Waals surface area contributed by atoms with E-state index in [4.69, 9.17) is 22.3 Å². The van der Waals surface area contributed by atoms with Crippen LogP contribution in [0.5, 0.6) is 0 Å². The number of pyridine rings is 1. The Morgan fingerprint density at radius 2 is 1.20 bits per heavy atom. The highest BCUT2D eigenvalue weighted by atomic mass is 32.2. The molecule has 0 spiro atoms. The Bertz CT molecular complexity index is 4580. The molecular formula is C73H90N22O20S. The van der Waals surface area contributed by atoms with Gasteiger partial charge in [0.25, 0.3) is 39.7 Å². The van der Waals surface area contributed by atoms with Crippen molar-refractivity contribution in [1.82, 2.24) is 90.2 Å². The van der Waals surface area contributed by atoms with Crippen molar-refractivity contribution in [2.45, 2.75) is 119 Å². The van der Waals surface area contributed by atoms with E-state index in [1.165, 1.54) is 73.0 Å². The van der Waals surface area contributed by atoms with Gasteiger partial charge in [0.1, 0.15) is 57.9 Å². The highest BCUT2D eigenvalue weighted by molar-refractivity contribution is 7.86. The van der Waals surface area contributed by atoms with Crippen LogP contribution in [0.4, 0.5) is 0 Å². The molecule has 1 unspecified atom stereocenters. The van der Waals surface area contributed by atoms with E-state index in [1.807, 2.05) is 0 Å². The van der Waals surface area contributed by atoms with Crippen LogP contribution in [-0.2, 0) is 90.2 Å². The third-order valence-corrected chi connectivity index (χ3v) is 17.5. The predicted molar refractivity (Wildman–Crippen MR) is 413 cm³/mol. The summed E-state index contributed by atoms with van der Waals surface area (Å²) in [6.07, 6.45) is 4.14. The fourth-order valence-electron chi connectivity index (χ4n) is 10.8. The van der Waals surface area contributed by atoms with Crippen LogP contribution in [0.15, 0.2) is 154 Å². The molecule has 43 heteroatoms. The number of nitrogens with two attached hydrogens (primary N) is 2. The highest BCUT2D eigenvalue weighted by Crippen LogP contribution is 2.16. The number of amides is 13. The highest BCUT2D eigenvalue weighted by Gasteiger charge is 2.34. The lowest BCUT2D eigenvalue weighted by atomic mass is 10.0. The lowest BCUT2D eigenvalue weighted by Crippen LogP contribution is -2.57. The van der Waals surface area contributed by atoms with Gasteiger partial charge in [-0.2, -0.15) is 13.5 Å². The Morgan fingerprint density at radius 1 is 0.586 bits per heavy atom. The van der Waals surface area contributed by atoms with Crippen molar-refractivity contribution >= 4 is 123 Å². The molecule has 0 radical (unpaired) electrons. The second kappa shape index (κ2) is 46.5. The van der Waals surface area contributed by atoms with Gasteiger partial charge in [-0.1, -0.05) is 91.0 Å². The van der Waals surface area contributed by atoms with Gasteiger partial charge in [0.15, 0.2) is 11.9 Å². The Morgan fingerprint density at radius 3 is 1.89 bits per heavy atom. The molecule has 2 aliphatic heterocycles. The number of allylic oxidation sites excluding steroid dienone is 1. The number of aromatic nitrogens is 1. The number of hydrogen-bond acceptors (Lipinski definition) is 22. The van der Waals surface area contributed by atoms with Gasteiger partial charge in [0, 0.05) is 50.8 Å². The van der Waals surface area contributed by atoms with Crippen molar-refractivity contribution in [2.75, 3.05) is 39.3 Å². The maximum Gasteiger partial charge on any atom is 0.330 e. The summed E-state index contributed by atoms with van der Waals surface area (Å²) in [5.41, 5.74) is 12.3. The molecule has 25 N–H and O–H groups in total. The van der Waals surface area contributed by atoms with E-state index in [0.29, 0.717) is 22.9 Å². The number of rotatable bonds is 33. The number of aliphatic carboxylic acids is 2. The van der Waals surface area contributed by atoms with Crippen LogP contribution in [0.1, 0.15) is 103 Å². The third kappa shape index (κ3) is 32.6. The van der Waals surface area contributed by atoms with Gasteiger partial charge in [-0.05, 0) is 93.2 Å². The van der Waals surface area contributed by atoms with E-state index in [0.717, 1.165) is 6.21 Å². The molecule has 0 bridgehead atoms. The average Bonchev–Trinajstić information content (AvgIpc) is 1.06. The summed E-state index contributed by atoms with van der Waals surface area (Å²) in [6.45, 7) is -1.96. The monoisotopic (exact) mass is 1630 g/mol. The number of carboxylic acids is 2. The lowest BCUT2D eigenvalue weighted by Gasteiger charge is -2.25. The van der Waals surface area contributed by atoms with E-state index in [-0.39, 0.29) is 108 Å². The first kappa shape index (κ1) is 90.6. The number of hydrazone groups is 1. The Hall–Kier alpha value is -14.3. The summed E-state index contributed by atoms with van der Waals surface area (Å²) < 4.78 is 33.3. The summed E-state index contributed by atoms with van der Waals surface area (Å²) in [5, 5.41) is 75.1. The molecule has 0 saturated carbocycles. The summed E-state index contributed by atoms with van der Waals surface area (Å²) in [6, 6.07) is 16.9. The van der Waals surface area contributed by atoms with Crippen molar-refractivity contribution in [3.05, 3.63) is 172 Å². The van der Waals surface area contributed by atoms with E-state index < -0.39 is 195 Å². The van der Waals surface area contributed by atoms with Gasteiger partial charge in [0.2, 0.25) is 47.3 Å². The molecule has 618 valence electrons. The molecule has 2 fully saturated rings. The molecule has 4 aromatic rings. The molecule has 3 aromatic carbocycles. The molecule has 1 aromatic heterocycles. The SMILES string of the molecule is N=C(N)NCC/C=C1\NC(=O)CNC(=O)[C@@H](CC(=O)O)NC(=O)[C@@H](Cc2ccccc2)NC(=O)[C@@H](CCCCNC(=O)CCC(NC(=O)c2ccc(CNN=Cc3ccccc3S(=O)(=O)O)nc2)C(=O)NCCC/C=C2/NC(=O)[C@H](CCCNC(=N)N)NC(=O)CNC(=O)/C(=C/C(=O)O)NC(=O)/C(=C\c3ccccc3)NC2=O)NC1=O. The second-order valence-electron chi connectivity index (χ2n) is 25.6. The van der Waals surface area contributed by atoms with Crippen LogP contribution in [0.3, 0.4) is 0 Å². The first-order chi connectivity index (χ1) is 55.3. The Kier molecular flexibility index (Phi) is 36.4. The minimum atomic E-state index is -4.58. The van der Waals surface area contributed by atoms with Gasteiger partial charge in [-0.25, -0.2) is 4.79 Å². The molecule has 116 heavy (non-hydrogen) atoms. The molecule has 0 aliphatic carbocycles.